The van der Waals surface area contributed by atoms with E-state index in [1.54, 1.807) is 12.1 Å². The molecule has 2 aromatic heterocycles. The standard InChI is InChI=1S/C19H15FN2O3/c20-15-7-4-14(5-8-15)6-9-18-17(13-25-12-16(24)11-23)21-19-3-1-2-10-22(18)19/h1-5,7-8,10,23H,11-13H2. The number of Topliss-reactive ketones (excluding diaryl/α,β-unsaturated/α-hetero) is 1. The van der Waals surface area contributed by atoms with Gasteiger partial charge < -0.3 is 9.84 Å². The molecule has 0 unspecified atom stereocenters. The molecule has 1 N–H and O–H groups in total. The van der Waals surface area contributed by atoms with Crippen LogP contribution in [-0.4, -0.2) is 33.5 Å². The van der Waals surface area contributed by atoms with E-state index in [0.29, 0.717) is 22.6 Å². The number of imidazole rings is 1. The topological polar surface area (TPSA) is 63.8 Å². The molecule has 0 aliphatic heterocycles. The Bertz CT molecular complexity index is 952. The average Bonchev–Trinajstić information content (AvgIpc) is 2.98. The molecule has 1 aromatic carbocycles. The lowest BCUT2D eigenvalue weighted by Crippen LogP contribution is -2.12. The molecular weight excluding hydrogens is 323 g/mol. The van der Waals surface area contributed by atoms with Crippen LogP contribution in [0.15, 0.2) is 48.7 Å². The summed E-state index contributed by atoms with van der Waals surface area (Å²) in [5.41, 5.74) is 2.61. The van der Waals surface area contributed by atoms with E-state index in [1.807, 2.05) is 28.8 Å². The van der Waals surface area contributed by atoms with E-state index < -0.39 is 12.4 Å². The highest BCUT2D eigenvalue weighted by Gasteiger charge is 2.11. The number of hydrogen-bond acceptors (Lipinski definition) is 4. The first-order chi connectivity index (χ1) is 12.2. The molecule has 0 atom stereocenters. The number of carbonyl (C=O) groups excluding carboxylic acids is 1. The lowest BCUT2D eigenvalue weighted by Gasteiger charge is -2.00. The highest BCUT2D eigenvalue weighted by atomic mass is 19.1. The van der Waals surface area contributed by atoms with Gasteiger partial charge in [0.2, 0.25) is 0 Å². The zero-order valence-corrected chi connectivity index (χ0v) is 13.3. The Labute approximate surface area is 143 Å². The Balaban J connectivity index is 1.90. The molecule has 6 heteroatoms. The number of halogens is 1. The third-order valence-electron chi connectivity index (χ3n) is 3.45. The van der Waals surface area contributed by atoms with Crippen molar-refractivity contribution < 1.29 is 19.0 Å². The van der Waals surface area contributed by atoms with Gasteiger partial charge in [-0.25, -0.2) is 9.37 Å². The number of rotatable bonds is 5. The number of aliphatic hydroxyl groups excluding tert-OH is 1. The number of aliphatic hydroxyl groups is 1. The molecule has 0 aliphatic rings. The van der Waals surface area contributed by atoms with Crippen molar-refractivity contribution in [1.29, 1.82) is 0 Å². The third kappa shape index (κ3) is 4.10. The summed E-state index contributed by atoms with van der Waals surface area (Å²) in [6, 6.07) is 11.5. The number of nitrogens with zero attached hydrogens (tertiary/aromatic N) is 2. The van der Waals surface area contributed by atoms with Crippen LogP contribution in [0.2, 0.25) is 0 Å². The van der Waals surface area contributed by atoms with Gasteiger partial charge in [0.1, 0.15) is 36.1 Å². The van der Waals surface area contributed by atoms with Crippen molar-refractivity contribution in [3.8, 4) is 11.8 Å². The summed E-state index contributed by atoms with van der Waals surface area (Å²) in [6.07, 6.45) is 1.83. The Morgan fingerprint density at radius 1 is 1.20 bits per heavy atom. The van der Waals surface area contributed by atoms with Crippen LogP contribution in [0.3, 0.4) is 0 Å². The maximum Gasteiger partial charge on any atom is 0.183 e. The van der Waals surface area contributed by atoms with Gasteiger partial charge in [-0.1, -0.05) is 12.0 Å². The molecule has 2 heterocycles. The summed E-state index contributed by atoms with van der Waals surface area (Å²) in [4.78, 5) is 15.6. The Kier molecular flexibility index (Phi) is 5.19. The molecule has 3 aromatic rings. The summed E-state index contributed by atoms with van der Waals surface area (Å²) in [5, 5.41) is 8.73. The highest BCUT2D eigenvalue weighted by molar-refractivity contribution is 5.80. The number of carbonyl (C=O) groups is 1. The van der Waals surface area contributed by atoms with Gasteiger partial charge >= 0.3 is 0 Å². The zero-order chi connectivity index (χ0) is 17.6. The van der Waals surface area contributed by atoms with Crippen molar-refractivity contribution in [3.05, 3.63) is 71.4 Å². The fraction of sp³-hybridized carbons (Fsp3) is 0.158. The smallest absolute Gasteiger partial charge is 0.183 e. The van der Waals surface area contributed by atoms with Gasteiger partial charge in [-0.3, -0.25) is 9.20 Å². The minimum atomic E-state index is -0.553. The number of ketones is 1. The fourth-order valence-corrected chi connectivity index (χ4v) is 2.25. The normalized spacial score (nSPS) is 10.5. The largest absolute Gasteiger partial charge is 0.388 e. The molecule has 0 amide bonds. The number of ether oxygens (including phenoxy) is 1. The van der Waals surface area contributed by atoms with Gasteiger partial charge in [0.15, 0.2) is 5.78 Å². The molecule has 0 spiro atoms. The van der Waals surface area contributed by atoms with Crippen LogP contribution in [0.1, 0.15) is 17.0 Å². The Morgan fingerprint density at radius 2 is 2.00 bits per heavy atom. The lowest BCUT2D eigenvalue weighted by atomic mass is 10.2. The van der Waals surface area contributed by atoms with Gasteiger partial charge in [0, 0.05) is 11.8 Å². The van der Waals surface area contributed by atoms with E-state index >= 15 is 0 Å². The van der Waals surface area contributed by atoms with Crippen LogP contribution < -0.4 is 0 Å². The van der Waals surface area contributed by atoms with Crippen molar-refractivity contribution >= 4 is 11.4 Å². The summed E-state index contributed by atoms with van der Waals surface area (Å²) < 4.78 is 20.1. The van der Waals surface area contributed by atoms with Crippen LogP contribution in [0.25, 0.3) is 5.65 Å². The lowest BCUT2D eigenvalue weighted by molar-refractivity contribution is -0.126. The van der Waals surface area contributed by atoms with E-state index in [-0.39, 0.29) is 19.0 Å². The van der Waals surface area contributed by atoms with Gasteiger partial charge in [-0.15, -0.1) is 0 Å². The van der Waals surface area contributed by atoms with E-state index in [9.17, 15) is 9.18 Å². The second kappa shape index (κ2) is 7.71. The first kappa shape index (κ1) is 16.8. The van der Waals surface area contributed by atoms with Gasteiger partial charge in [0.25, 0.3) is 0 Å². The number of benzene rings is 1. The first-order valence-electron chi connectivity index (χ1n) is 7.61. The van der Waals surface area contributed by atoms with Crippen LogP contribution >= 0.6 is 0 Å². The molecule has 25 heavy (non-hydrogen) atoms. The maximum atomic E-state index is 13.0. The zero-order valence-electron chi connectivity index (χ0n) is 13.3. The van der Waals surface area contributed by atoms with E-state index in [1.165, 1.54) is 12.1 Å². The number of hydrogen-bond donors (Lipinski definition) is 1. The van der Waals surface area contributed by atoms with Crippen LogP contribution in [0.5, 0.6) is 0 Å². The van der Waals surface area contributed by atoms with E-state index in [0.717, 1.165) is 0 Å². The van der Waals surface area contributed by atoms with E-state index in [4.69, 9.17) is 9.84 Å². The van der Waals surface area contributed by atoms with Gasteiger partial charge in [0.05, 0.1) is 6.61 Å². The van der Waals surface area contributed by atoms with Crippen LogP contribution in [0, 0.1) is 17.7 Å². The second-order valence-corrected chi connectivity index (χ2v) is 5.28. The summed E-state index contributed by atoms with van der Waals surface area (Å²) in [5.74, 6) is 5.30. The minimum absolute atomic E-state index is 0.0981. The van der Waals surface area contributed by atoms with Crippen molar-refractivity contribution in [2.45, 2.75) is 6.61 Å². The third-order valence-corrected chi connectivity index (χ3v) is 3.45. The molecule has 0 bridgehead atoms. The maximum absolute atomic E-state index is 13.0. The quantitative estimate of drug-likeness (QED) is 0.722. The van der Waals surface area contributed by atoms with Crippen molar-refractivity contribution in [1.82, 2.24) is 9.38 Å². The second-order valence-electron chi connectivity index (χ2n) is 5.28. The Hall–Kier alpha value is -3.01. The van der Waals surface area contributed by atoms with Gasteiger partial charge in [-0.2, -0.15) is 0 Å². The molecule has 0 radical (unpaired) electrons. The number of aromatic nitrogens is 2. The molecular formula is C19H15FN2O3. The molecule has 0 saturated carbocycles. The fourth-order valence-electron chi connectivity index (χ4n) is 2.25. The van der Waals surface area contributed by atoms with Crippen LogP contribution in [-0.2, 0) is 16.1 Å². The summed E-state index contributed by atoms with van der Waals surface area (Å²) in [6.45, 7) is -0.640. The molecule has 0 fully saturated rings. The molecule has 0 aliphatic carbocycles. The predicted octanol–water partition coefficient (Wildman–Crippen LogP) is 1.95. The Morgan fingerprint density at radius 3 is 2.76 bits per heavy atom. The average molecular weight is 338 g/mol. The van der Waals surface area contributed by atoms with Crippen molar-refractivity contribution in [2.75, 3.05) is 13.2 Å². The molecule has 5 nitrogen and oxygen atoms in total. The molecule has 0 saturated heterocycles. The molecule has 3 rings (SSSR count). The predicted molar refractivity (Wildman–Crippen MR) is 89.3 cm³/mol. The number of pyridine rings is 1. The van der Waals surface area contributed by atoms with Crippen molar-refractivity contribution in [3.63, 3.8) is 0 Å². The molecule has 126 valence electrons. The van der Waals surface area contributed by atoms with Gasteiger partial charge in [-0.05, 0) is 42.3 Å². The summed E-state index contributed by atoms with van der Waals surface area (Å²) in [7, 11) is 0. The monoisotopic (exact) mass is 338 g/mol. The first-order valence-corrected chi connectivity index (χ1v) is 7.61. The SMILES string of the molecule is O=C(CO)COCc1nc2ccccn2c1C#Cc1ccc(F)cc1. The minimum Gasteiger partial charge on any atom is -0.388 e. The summed E-state index contributed by atoms with van der Waals surface area (Å²) >= 11 is 0. The van der Waals surface area contributed by atoms with Crippen LogP contribution in [0.4, 0.5) is 4.39 Å². The highest BCUT2D eigenvalue weighted by Crippen LogP contribution is 2.13. The number of fused-ring (bicyclic) bond motifs is 1. The van der Waals surface area contributed by atoms with Crippen molar-refractivity contribution in [2.24, 2.45) is 0 Å². The van der Waals surface area contributed by atoms with E-state index in [2.05, 4.69) is 16.8 Å².